The molecule has 1 N–H and O–H groups in total. The van der Waals surface area contributed by atoms with Gasteiger partial charge in [-0.3, -0.25) is 4.90 Å². The number of hydrogen-bond acceptors (Lipinski definition) is 3. The van der Waals surface area contributed by atoms with Crippen LogP contribution >= 0.6 is 0 Å². The summed E-state index contributed by atoms with van der Waals surface area (Å²) in [6.07, 6.45) is 5.88. The summed E-state index contributed by atoms with van der Waals surface area (Å²) in [5.41, 5.74) is 2.96. The molecule has 3 heteroatoms. The highest BCUT2D eigenvalue weighted by Crippen LogP contribution is 2.34. The normalized spacial score (nSPS) is 18.2. The number of aliphatic hydroxyl groups excluding tert-OH is 1. The summed E-state index contributed by atoms with van der Waals surface area (Å²) >= 11 is 0. The molecular weight excluding hydrogens is 250 g/mol. The van der Waals surface area contributed by atoms with Gasteiger partial charge in [-0.05, 0) is 49.8 Å². The standard InChI is InChI=1S/C17H27NO2/c1-20-14-5-4-11-18(12-13-19)17-10-6-8-15-7-2-3-9-16(15)17/h2-3,7,9,17,19H,4-6,8,10-14H2,1H3. The first kappa shape index (κ1) is 15.5. The highest BCUT2D eigenvalue weighted by atomic mass is 16.5. The number of benzene rings is 1. The van der Waals surface area contributed by atoms with Crippen LogP contribution in [0.5, 0.6) is 0 Å². The minimum absolute atomic E-state index is 0.239. The van der Waals surface area contributed by atoms with Crippen LogP contribution in [0, 0.1) is 0 Å². The van der Waals surface area contributed by atoms with Crippen molar-refractivity contribution in [3.05, 3.63) is 35.4 Å². The van der Waals surface area contributed by atoms with Gasteiger partial charge in [0.1, 0.15) is 0 Å². The lowest BCUT2D eigenvalue weighted by Gasteiger charge is -2.35. The first-order chi connectivity index (χ1) is 9.86. The van der Waals surface area contributed by atoms with E-state index in [0.29, 0.717) is 6.04 Å². The summed E-state index contributed by atoms with van der Waals surface area (Å²) in [5.74, 6) is 0. The van der Waals surface area contributed by atoms with Gasteiger partial charge in [0.2, 0.25) is 0 Å². The summed E-state index contributed by atoms with van der Waals surface area (Å²) in [7, 11) is 1.75. The van der Waals surface area contributed by atoms with Gasteiger partial charge in [-0.25, -0.2) is 0 Å². The average Bonchev–Trinajstić information content (AvgIpc) is 2.50. The zero-order valence-corrected chi connectivity index (χ0v) is 12.6. The molecule has 0 heterocycles. The van der Waals surface area contributed by atoms with Crippen molar-refractivity contribution in [2.75, 3.05) is 33.4 Å². The van der Waals surface area contributed by atoms with Crippen LogP contribution in [0.15, 0.2) is 24.3 Å². The molecule has 0 saturated heterocycles. The highest BCUT2D eigenvalue weighted by Gasteiger charge is 2.24. The molecule has 20 heavy (non-hydrogen) atoms. The van der Waals surface area contributed by atoms with Gasteiger partial charge in [-0.15, -0.1) is 0 Å². The zero-order valence-electron chi connectivity index (χ0n) is 12.6. The molecule has 0 spiro atoms. The van der Waals surface area contributed by atoms with Gasteiger partial charge in [0.15, 0.2) is 0 Å². The van der Waals surface area contributed by atoms with Crippen LogP contribution in [0.25, 0.3) is 0 Å². The molecule has 1 aliphatic carbocycles. The number of aliphatic hydroxyl groups is 1. The third-order valence-electron chi connectivity index (χ3n) is 4.21. The Morgan fingerprint density at radius 1 is 1.25 bits per heavy atom. The second-order valence-corrected chi connectivity index (χ2v) is 5.57. The minimum atomic E-state index is 0.239. The summed E-state index contributed by atoms with van der Waals surface area (Å²) in [4.78, 5) is 2.45. The van der Waals surface area contributed by atoms with Crippen LogP contribution < -0.4 is 0 Å². The predicted molar refractivity (Wildman–Crippen MR) is 81.9 cm³/mol. The smallest absolute Gasteiger partial charge is 0.0558 e. The maximum absolute atomic E-state index is 9.35. The molecule has 0 amide bonds. The third-order valence-corrected chi connectivity index (χ3v) is 4.21. The van der Waals surface area contributed by atoms with E-state index in [1.165, 1.54) is 30.4 Å². The van der Waals surface area contributed by atoms with Crippen molar-refractivity contribution < 1.29 is 9.84 Å². The zero-order chi connectivity index (χ0) is 14.2. The number of nitrogens with zero attached hydrogens (tertiary/aromatic N) is 1. The molecule has 0 bridgehead atoms. The van der Waals surface area contributed by atoms with E-state index in [4.69, 9.17) is 4.74 Å². The maximum atomic E-state index is 9.35. The fraction of sp³-hybridized carbons (Fsp3) is 0.647. The van der Waals surface area contributed by atoms with E-state index in [1.54, 1.807) is 7.11 Å². The highest BCUT2D eigenvalue weighted by molar-refractivity contribution is 5.32. The van der Waals surface area contributed by atoms with Crippen LogP contribution in [0.3, 0.4) is 0 Å². The Labute approximate surface area is 122 Å². The topological polar surface area (TPSA) is 32.7 Å². The second-order valence-electron chi connectivity index (χ2n) is 5.57. The van der Waals surface area contributed by atoms with Gasteiger partial charge in [-0.2, -0.15) is 0 Å². The molecule has 1 unspecified atom stereocenters. The summed E-state index contributed by atoms with van der Waals surface area (Å²) in [6, 6.07) is 9.27. The number of fused-ring (bicyclic) bond motifs is 1. The molecule has 0 saturated carbocycles. The molecular formula is C17H27NO2. The molecule has 0 radical (unpaired) electrons. The van der Waals surface area contributed by atoms with Crippen LogP contribution in [-0.4, -0.2) is 43.4 Å². The Morgan fingerprint density at radius 2 is 2.10 bits per heavy atom. The van der Waals surface area contributed by atoms with Crippen molar-refractivity contribution in [2.24, 2.45) is 0 Å². The maximum Gasteiger partial charge on any atom is 0.0558 e. The molecule has 1 atom stereocenters. The predicted octanol–water partition coefficient (Wildman–Crippen LogP) is 2.78. The van der Waals surface area contributed by atoms with Crippen molar-refractivity contribution >= 4 is 0 Å². The number of unbranched alkanes of at least 4 members (excludes halogenated alkanes) is 1. The third kappa shape index (κ3) is 4.05. The van der Waals surface area contributed by atoms with Gasteiger partial charge in [0.05, 0.1) is 6.61 Å². The Bertz CT molecular complexity index is 394. The fourth-order valence-electron chi connectivity index (χ4n) is 3.22. The fourth-order valence-corrected chi connectivity index (χ4v) is 3.22. The SMILES string of the molecule is COCCCCN(CCO)C1CCCc2ccccc21. The largest absolute Gasteiger partial charge is 0.395 e. The van der Waals surface area contributed by atoms with E-state index in [9.17, 15) is 5.11 Å². The van der Waals surface area contributed by atoms with E-state index >= 15 is 0 Å². The molecule has 0 aromatic heterocycles. The molecule has 112 valence electrons. The van der Waals surface area contributed by atoms with Crippen molar-refractivity contribution in [1.82, 2.24) is 4.90 Å². The van der Waals surface area contributed by atoms with E-state index in [2.05, 4.69) is 29.2 Å². The number of aryl methyl sites for hydroxylation is 1. The number of ether oxygens (including phenoxy) is 1. The van der Waals surface area contributed by atoms with Gasteiger partial charge in [0, 0.05) is 26.3 Å². The molecule has 1 aromatic carbocycles. The van der Waals surface area contributed by atoms with E-state index in [-0.39, 0.29) is 6.61 Å². The lowest BCUT2D eigenvalue weighted by Crippen LogP contribution is -2.34. The van der Waals surface area contributed by atoms with E-state index in [0.717, 1.165) is 32.5 Å². The Kier molecular flexibility index (Phi) is 6.51. The lowest BCUT2D eigenvalue weighted by atomic mass is 9.86. The van der Waals surface area contributed by atoms with E-state index in [1.807, 2.05) is 0 Å². The summed E-state index contributed by atoms with van der Waals surface area (Å²) < 4.78 is 5.12. The number of hydrogen-bond donors (Lipinski definition) is 1. The quantitative estimate of drug-likeness (QED) is 0.742. The summed E-state index contributed by atoms with van der Waals surface area (Å²) in [6.45, 7) is 2.88. The minimum Gasteiger partial charge on any atom is -0.395 e. The second kappa shape index (κ2) is 8.40. The average molecular weight is 277 g/mol. The van der Waals surface area contributed by atoms with Gasteiger partial charge in [0.25, 0.3) is 0 Å². The molecule has 0 aliphatic heterocycles. The Balaban J connectivity index is 2.02. The van der Waals surface area contributed by atoms with Crippen molar-refractivity contribution in [2.45, 2.75) is 38.1 Å². The Morgan fingerprint density at radius 3 is 2.90 bits per heavy atom. The molecule has 1 aliphatic rings. The van der Waals surface area contributed by atoms with Crippen LogP contribution in [-0.2, 0) is 11.2 Å². The molecule has 3 nitrogen and oxygen atoms in total. The van der Waals surface area contributed by atoms with Gasteiger partial charge >= 0.3 is 0 Å². The first-order valence-electron chi connectivity index (χ1n) is 7.78. The lowest BCUT2D eigenvalue weighted by molar-refractivity contribution is 0.129. The van der Waals surface area contributed by atoms with Crippen LogP contribution in [0.2, 0.25) is 0 Å². The van der Waals surface area contributed by atoms with Gasteiger partial charge < -0.3 is 9.84 Å². The van der Waals surface area contributed by atoms with Crippen molar-refractivity contribution in [1.29, 1.82) is 0 Å². The number of methoxy groups -OCH3 is 1. The van der Waals surface area contributed by atoms with Gasteiger partial charge in [-0.1, -0.05) is 24.3 Å². The first-order valence-corrected chi connectivity index (χ1v) is 7.78. The van der Waals surface area contributed by atoms with E-state index < -0.39 is 0 Å². The monoisotopic (exact) mass is 277 g/mol. The number of rotatable bonds is 8. The van der Waals surface area contributed by atoms with Crippen molar-refractivity contribution in [3.8, 4) is 0 Å². The molecule has 0 fully saturated rings. The van der Waals surface area contributed by atoms with Crippen molar-refractivity contribution in [3.63, 3.8) is 0 Å². The molecule has 2 rings (SSSR count). The van der Waals surface area contributed by atoms with Crippen LogP contribution in [0.1, 0.15) is 42.9 Å². The summed E-state index contributed by atoms with van der Waals surface area (Å²) in [5, 5.41) is 9.35. The molecule has 1 aromatic rings. The van der Waals surface area contributed by atoms with Crippen LogP contribution in [0.4, 0.5) is 0 Å². The Hall–Kier alpha value is -0.900.